The quantitative estimate of drug-likeness (QED) is 0.247. The Morgan fingerprint density at radius 2 is 1.56 bits per heavy atom. The van der Waals surface area contributed by atoms with Crippen LogP contribution in [-0.4, -0.2) is 27.3 Å². The molecule has 194 valence electrons. The molecule has 9 heteroatoms. The first-order chi connectivity index (χ1) is 17.3. The van der Waals surface area contributed by atoms with E-state index in [9.17, 15) is 18.0 Å². The van der Waals surface area contributed by atoms with Crippen LogP contribution in [-0.2, 0) is 11.0 Å². The van der Waals surface area contributed by atoms with E-state index in [4.69, 9.17) is 4.74 Å². The zero-order chi connectivity index (χ0) is 26.0. The molecule has 0 atom stereocenters. The average molecular weight is 503 g/mol. The summed E-state index contributed by atoms with van der Waals surface area (Å²) in [5.41, 5.74) is 1.02. The van der Waals surface area contributed by atoms with Crippen molar-refractivity contribution in [2.45, 2.75) is 71.4 Å². The van der Waals surface area contributed by atoms with Gasteiger partial charge >= 0.3 is 12.2 Å². The summed E-state index contributed by atoms with van der Waals surface area (Å²) in [4.78, 5) is 16.6. The van der Waals surface area contributed by atoms with E-state index >= 15 is 0 Å². The van der Waals surface area contributed by atoms with Gasteiger partial charge in [0.2, 0.25) is 5.91 Å². The molecule has 0 bridgehead atoms. The maximum absolute atomic E-state index is 13.0. The third-order valence-corrected chi connectivity index (χ3v) is 5.73. The molecular weight excluding hydrogens is 469 g/mol. The molecule has 2 aromatic carbocycles. The van der Waals surface area contributed by atoms with Gasteiger partial charge in [0.05, 0.1) is 17.9 Å². The van der Waals surface area contributed by atoms with Gasteiger partial charge in [0.15, 0.2) is 5.82 Å². The molecule has 6 nitrogen and oxygen atoms in total. The number of nitrogens with zero attached hydrogens (tertiary/aromatic N) is 3. The van der Waals surface area contributed by atoms with Gasteiger partial charge < -0.3 is 10.1 Å². The number of unbranched alkanes of at least 4 members (excludes halogenated alkanes) is 6. The molecule has 0 aliphatic heterocycles. The second-order valence-electron chi connectivity index (χ2n) is 8.60. The van der Waals surface area contributed by atoms with Crippen molar-refractivity contribution in [3.63, 3.8) is 0 Å². The third-order valence-electron chi connectivity index (χ3n) is 5.73. The molecule has 0 spiro atoms. The molecule has 3 rings (SSSR count). The first-order valence-electron chi connectivity index (χ1n) is 12.5. The predicted molar refractivity (Wildman–Crippen MR) is 134 cm³/mol. The van der Waals surface area contributed by atoms with E-state index < -0.39 is 11.7 Å². The van der Waals surface area contributed by atoms with Crippen LogP contribution in [0.4, 0.5) is 18.9 Å². The number of aromatic nitrogens is 3. The minimum absolute atomic E-state index is 0.0267. The molecule has 0 unspecified atom stereocenters. The lowest BCUT2D eigenvalue weighted by molar-refractivity contribution is -0.137. The van der Waals surface area contributed by atoms with Crippen LogP contribution >= 0.6 is 0 Å². The Labute approximate surface area is 209 Å². The molecule has 0 aliphatic carbocycles. The second-order valence-corrected chi connectivity index (χ2v) is 8.60. The van der Waals surface area contributed by atoms with Gasteiger partial charge in [-0.25, -0.2) is 4.68 Å². The van der Waals surface area contributed by atoms with Crippen LogP contribution in [0.3, 0.4) is 0 Å². The molecule has 3 aromatic rings. The highest BCUT2D eigenvalue weighted by Crippen LogP contribution is 2.31. The summed E-state index contributed by atoms with van der Waals surface area (Å²) in [5.74, 6) is 0.323. The number of anilines is 1. The summed E-state index contributed by atoms with van der Waals surface area (Å²) >= 11 is 0. The number of hydrogen-bond acceptors (Lipinski definition) is 4. The maximum atomic E-state index is 13.0. The van der Waals surface area contributed by atoms with Crippen LogP contribution in [0.1, 0.15) is 70.8 Å². The third kappa shape index (κ3) is 7.83. The molecule has 1 aromatic heterocycles. The van der Waals surface area contributed by atoms with Gasteiger partial charge in [-0.05, 0) is 49.7 Å². The Morgan fingerprint density at radius 1 is 0.917 bits per heavy atom. The van der Waals surface area contributed by atoms with E-state index in [-0.39, 0.29) is 11.9 Å². The largest absolute Gasteiger partial charge is 0.463 e. The first-order valence-corrected chi connectivity index (χ1v) is 12.5. The van der Waals surface area contributed by atoms with Gasteiger partial charge in [-0.1, -0.05) is 57.6 Å². The van der Waals surface area contributed by atoms with E-state index in [1.807, 2.05) is 0 Å². The Morgan fingerprint density at radius 3 is 2.17 bits per heavy atom. The fraction of sp³-hybridized carbons (Fsp3) is 0.444. The number of carbonyl (C=O) groups excluding carboxylic acids is 1. The predicted octanol–water partition coefficient (Wildman–Crippen LogP) is 7.43. The summed E-state index contributed by atoms with van der Waals surface area (Å²) in [7, 11) is 0. The van der Waals surface area contributed by atoms with Crippen molar-refractivity contribution < 1.29 is 22.7 Å². The smallest absolute Gasteiger partial charge is 0.416 e. The van der Waals surface area contributed by atoms with Crippen molar-refractivity contribution in [3.8, 4) is 23.1 Å². The van der Waals surface area contributed by atoms with Gasteiger partial charge in [-0.15, -0.1) is 5.10 Å². The molecule has 1 N–H and O–H groups in total. The summed E-state index contributed by atoms with van der Waals surface area (Å²) in [6, 6.07) is 11.9. The SMILES string of the molecule is CCCCCCCCCC(=O)Nc1ccc(-n2nc(OCC)nc2-c2ccc(C(F)(F)F)cc2)cc1. The molecule has 0 saturated carbocycles. The number of hydrogen-bond donors (Lipinski definition) is 1. The van der Waals surface area contributed by atoms with Crippen LogP contribution in [0.25, 0.3) is 17.1 Å². The van der Waals surface area contributed by atoms with Crippen LogP contribution in [0, 0.1) is 0 Å². The van der Waals surface area contributed by atoms with Gasteiger partial charge in [-0.3, -0.25) is 4.79 Å². The van der Waals surface area contributed by atoms with E-state index in [1.165, 1.54) is 42.5 Å². The maximum Gasteiger partial charge on any atom is 0.416 e. The molecule has 1 amide bonds. The van der Waals surface area contributed by atoms with Crippen LogP contribution < -0.4 is 10.1 Å². The Balaban J connectivity index is 1.66. The van der Waals surface area contributed by atoms with Gasteiger partial charge in [0.1, 0.15) is 0 Å². The van der Waals surface area contributed by atoms with Crippen LogP contribution in [0.2, 0.25) is 0 Å². The number of amides is 1. The van der Waals surface area contributed by atoms with Gasteiger partial charge in [0, 0.05) is 17.7 Å². The van der Waals surface area contributed by atoms with Crippen LogP contribution in [0.15, 0.2) is 48.5 Å². The zero-order valence-corrected chi connectivity index (χ0v) is 20.8. The topological polar surface area (TPSA) is 69.0 Å². The van der Waals surface area contributed by atoms with Crippen molar-refractivity contribution in [3.05, 3.63) is 54.1 Å². The molecule has 0 saturated heterocycles. The van der Waals surface area contributed by atoms with Crippen molar-refractivity contribution >= 4 is 11.6 Å². The first kappa shape index (κ1) is 27.2. The van der Waals surface area contributed by atoms with Crippen molar-refractivity contribution in [2.75, 3.05) is 11.9 Å². The normalized spacial score (nSPS) is 11.5. The number of nitrogens with one attached hydrogen (secondary N) is 1. The molecule has 1 heterocycles. The minimum Gasteiger partial charge on any atom is -0.463 e. The number of benzene rings is 2. The Kier molecular flexibility index (Phi) is 9.90. The van der Waals surface area contributed by atoms with Crippen molar-refractivity contribution in [2.24, 2.45) is 0 Å². The highest BCUT2D eigenvalue weighted by Gasteiger charge is 2.30. The molecular formula is C27H33F3N4O2. The fourth-order valence-electron chi connectivity index (χ4n) is 3.81. The number of rotatable bonds is 13. The number of halogens is 3. The second kappa shape index (κ2) is 13.1. The minimum atomic E-state index is -4.42. The molecule has 0 radical (unpaired) electrons. The van der Waals surface area contributed by atoms with Crippen molar-refractivity contribution in [1.82, 2.24) is 14.8 Å². The van der Waals surface area contributed by atoms with E-state index in [0.29, 0.717) is 35.8 Å². The summed E-state index contributed by atoms with van der Waals surface area (Å²) < 4.78 is 45.8. The molecule has 36 heavy (non-hydrogen) atoms. The standard InChI is InChI=1S/C27H33F3N4O2/c1-3-5-6-7-8-9-10-11-24(35)31-22-16-18-23(19-17-22)34-25(32-26(33-34)36-4-2)20-12-14-21(15-13-20)27(28,29)30/h12-19H,3-11H2,1-2H3,(H,31,35). The van der Waals surface area contributed by atoms with Gasteiger partial charge in [-0.2, -0.15) is 18.2 Å². The lowest BCUT2D eigenvalue weighted by Gasteiger charge is -2.10. The zero-order valence-electron chi connectivity index (χ0n) is 20.8. The Hall–Kier alpha value is -3.36. The lowest BCUT2D eigenvalue weighted by atomic mass is 10.1. The van der Waals surface area contributed by atoms with E-state index in [1.54, 1.807) is 31.2 Å². The number of alkyl halides is 3. The van der Waals surface area contributed by atoms with Crippen LogP contribution in [0.5, 0.6) is 6.01 Å². The van der Waals surface area contributed by atoms with Gasteiger partial charge in [0.25, 0.3) is 0 Å². The average Bonchev–Trinajstić information content (AvgIpc) is 3.27. The monoisotopic (exact) mass is 502 g/mol. The summed E-state index contributed by atoms with van der Waals surface area (Å²) in [6.07, 6.45) is 4.11. The fourth-order valence-corrected chi connectivity index (χ4v) is 3.81. The molecule has 0 aliphatic rings. The lowest BCUT2D eigenvalue weighted by Crippen LogP contribution is -2.11. The summed E-state index contributed by atoms with van der Waals surface area (Å²) in [6.45, 7) is 4.34. The Bertz CT molecular complexity index is 1090. The highest BCUT2D eigenvalue weighted by molar-refractivity contribution is 5.90. The summed E-state index contributed by atoms with van der Waals surface area (Å²) in [5, 5.41) is 7.27. The number of carbonyl (C=O) groups is 1. The number of ether oxygens (including phenoxy) is 1. The van der Waals surface area contributed by atoms with E-state index in [2.05, 4.69) is 22.3 Å². The highest BCUT2D eigenvalue weighted by atomic mass is 19.4. The van der Waals surface area contributed by atoms with Crippen molar-refractivity contribution in [1.29, 1.82) is 0 Å². The molecule has 0 fully saturated rings. The van der Waals surface area contributed by atoms with E-state index in [0.717, 1.165) is 31.4 Å².